The maximum absolute atomic E-state index is 12.8. The van der Waals surface area contributed by atoms with Gasteiger partial charge in [0.2, 0.25) is 0 Å². The fraction of sp³-hybridized carbons (Fsp3) is 0.903. The number of allylic oxidation sites excluding steroid dienone is 1. The van der Waals surface area contributed by atoms with Gasteiger partial charge < -0.3 is 10.2 Å². The molecule has 0 saturated heterocycles. The van der Waals surface area contributed by atoms with E-state index in [2.05, 4.69) is 48.1 Å². The number of aliphatic carboxylic acids is 1. The molecule has 0 radical (unpaired) electrons. The monoisotopic (exact) mass is 472 g/mol. The molecule has 0 aliphatic heterocycles. The van der Waals surface area contributed by atoms with Gasteiger partial charge in [-0.15, -0.1) is 0 Å². The lowest BCUT2D eigenvalue weighted by Gasteiger charge is -2.72. The number of aliphatic hydroxyl groups is 1. The molecule has 5 rings (SSSR count). The van der Waals surface area contributed by atoms with E-state index in [1.165, 1.54) is 31.3 Å². The van der Waals surface area contributed by atoms with Crippen LogP contribution >= 0.6 is 0 Å². The minimum absolute atomic E-state index is 0. The number of carboxylic acid groups (broad SMARTS) is 1. The van der Waals surface area contributed by atoms with E-state index in [4.69, 9.17) is 0 Å². The van der Waals surface area contributed by atoms with Crippen molar-refractivity contribution in [1.29, 1.82) is 0 Å². The molecule has 10 atom stereocenters. The lowest BCUT2D eigenvalue weighted by molar-refractivity contribution is -0.248. The minimum atomic E-state index is -0.538. The first-order chi connectivity index (χ1) is 15.3. The highest BCUT2D eigenvalue weighted by Crippen LogP contribution is 2.77. The number of rotatable bonds is 2. The summed E-state index contributed by atoms with van der Waals surface area (Å²) in [4.78, 5) is 12.8. The SMILES string of the molecule is C.C=C(C)C1CCC2(C(=O)O)CCC3(C)C(CCC4C5(C)CCC(O)C(C)(C)C5CCC43C)C12. The second-order valence-electron chi connectivity index (χ2n) is 14.5. The van der Waals surface area contributed by atoms with Crippen LogP contribution in [0.5, 0.6) is 0 Å². The molecule has 0 aromatic rings. The summed E-state index contributed by atoms with van der Waals surface area (Å²) in [5, 5.41) is 21.4. The summed E-state index contributed by atoms with van der Waals surface area (Å²) in [5.41, 5.74) is 1.35. The summed E-state index contributed by atoms with van der Waals surface area (Å²) in [7, 11) is 0. The smallest absolute Gasteiger partial charge is 0.309 e. The van der Waals surface area contributed by atoms with E-state index in [-0.39, 0.29) is 41.1 Å². The van der Waals surface area contributed by atoms with Gasteiger partial charge in [-0.1, -0.05) is 54.2 Å². The third-order valence-corrected chi connectivity index (χ3v) is 13.5. The molecular formula is C31H52O3. The van der Waals surface area contributed by atoms with Crippen LogP contribution in [0.15, 0.2) is 12.2 Å². The predicted molar refractivity (Wildman–Crippen MR) is 139 cm³/mol. The Morgan fingerprint density at radius 3 is 2.12 bits per heavy atom. The number of fused-ring (bicyclic) bond motifs is 7. The van der Waals surface area contributed by atoms with E-state index in [0.29, 0.717) is 23.7 Å². The largest absolute Gasteiger partial charge is 0.481 e. The zero-order chi connectivity index (χ0) is 24.2. The summed E-state index contributed by atoms with van der Waals surface area (Å²) in [6, 6.07) is 0. The standard InChI is InChI=1S/C30H48O3.CH4/c1-18(2)19-10-15-30(25(32)33)17-16-28(6)20(24(19)30)8-9-22-27(5)13-12-23(31)26(3,4)21(27)11-14-29(22,28)7;/h19-24,31H,1,8-17H2,2-7H3,(H,32,33);1H4. The van der Waals surface area contributed by atoms with Crippen molar-refractivity contribution in [3.8, 4) is 0 Å². The second-order valence-corrected chi connectivity index (χ2v) is 14.5. The molecule has 3 nitrogen and oxygen atoms in total. The van der Waals surface area contributed by atoms with Gasteiger partial charge in [-0.25, -0.2) is 0 Å². The molecule has 5 saturated carbocycles. The van der Waals surface area contributed by atoms with Gasteiger partial charge in [0.1, 0.15) is 0 Å². The third-order valence-electron chi connectivity index (χ3n) is 13.5. The average molecular weight is 473 g/mol. The zero-order valence-corrected chi connectivity index (χ0v) is 22.0. The van der Waals surface area contributed by atoms with Gasteiger partial charge in [0.15, 0.2) is 0 Å². The minimum Gasteiger partial charge on any atom is -0.481 e. The maximum atomic E-state index is 12.8. The Kier molecular flexibility index (Phi) is 6.04. The van der Waals surface area contributed by atoms with E-state index in [9.17, 15) is 15.0 Å². The molecule has 3 heteroatoms. The van der Waals surface area contributed by atoms with Gasteiger partial charge in [-0.3, -0.25) is 4.79 Å². The maximum Gasteiger partial charge on any atom is 0.309 e. The van der Waals surface area contributed by atoms with Gasteiger partial charge in [0.05, 0.1) is 11.5 Å². The van der Waals surface area contributed by atoms with Crippen LogP contribution in [0.2, 0.25) is 0 Å². The van der Waals surface area contributed by atoms with Crippen LogP contribution in [-0.4, -0.2) is 22.3 Å². The Bertz CT molecular complexity index is 861. The Hall–Kier alpha value is -0.830. The van der Waals surface area contributed by atoms with E-state index < -0.39 is 11.4 Å². The van der Waals surface area contributed by atoms with Crippen molar-refractivity contribution in [2.45, 2.75) is 119 Å². The molecule has 0 aromatic carbocycles. The van der Waals surface area contributed by atoms with Gasteiger partial charge in [0.25, 0.3) is 0 Å². The van der Waals surface area contributed by atoms with Crippen LogP contribution in [0, 0.1) is 56.7 Å². The Morgan fingerprint density at radius 2 is 1.50 bits per heavy atom. The first-order valence-electron chi connectivity index (χ1n) is 13.8. The molecule has 5 fully saturated rings. The van der Waals surface area contributed by atoms with Crippen molar-refractivity contribution >= 4 is 5.97 Å². The lowest BCUT2D eigenvalue weighted by atomic mass is 9.32. The average Bonchev–Trinajstić information content (AvgIpc) is 3.13. The fourth-order valence-corrected chi connectivity index (χ4v) is 11.5. The molecule has 194 valence electrons. The first-order valence-corrected chi connectivity index (χ1v) is 13.8. The summed E-state index contributed by atoms with van der Waals surface area (Å²) >= 11 is 0. The van der Waals surface area contributed by atoms with Crippen LogP contribution in [0.1, 0.15) is 113 Å². The molecule has 2 N–H and O–H groups in total. The highest BCUT2D eigenvalue weighted by Gasteiger charge is 2.71. The Morgan fingerprint density at radius 1 is 0.824 bits per heavy atom. The topological polar surface area (TPSA) is 57.5 Å². The second kappa shape index (κ2) is 7.83. The number of hydrogen-bond acceptors (Lipinski definition) is 2. The van der Waals surface area contributed by atoms with Crippen LogP contribution in [-0.2, 0) is 4.79 Å². The summed E-state index contributed by atoms with van der Waals surface area (Å²) in [6.45, 7) is 18.8. The van der Waals surface area contributed by atoms with Crippen molar-refractivity contribution in [1.82, 2.24) is 0 Å². The molecule has 0 amide bonds. The van der Waals surface area contributed by atoms with Crippen molar-refractivity contribution < 1.29 is 15.0 Å². The number of aliphatic hydroxyl groups excluding tert-OH is 1. The van der Waals surface area contributed by atoms with Crippen molar-refractivity contribution in [3.05, 3.63) is 12.2 Å². The highest BCUT2D eigenvalue weighted by atomic mass is 16.4. The molecule has 5 aliphatic carbocycles. The summed E-state index contributed by atoms with van der Waals surface area (Å²) in [6.07, 6.45) is 10.5. The van der Waals surface area contributed by atoms with Crippen molar-refractivity contribution in [2.75, 3.05) is 0 Å². The van der Waals surface area contributed by atoms with Gasteiger partial charge in [0, 0.05) is 0 Å². The van der Waals surface area contributed by atoms with Gasteiger partial charge >= 0.3 is 5.97 Å². The van der Waals surface area contributed by atoms with E-state index >= 15 is 0 Å². The summed E-state index contributed by atoms with van der Waals surface area (Å²) in [5.74, 6) is 1.79. The normalized spacial score (nSPS) is 53.4. The molecule has 34 heavy (non-hydrogen) atoms. The van der Waals surface area contributed by atoms with Gasteiger partial charge in [-0.05, 0) is 122 Å². The van der Waals surface area contributed by atoms with Crippen LogP contribution in [0.4, 0.5) is 0 Å². The predicted octanol–water partition coefficient (Wildman–Crippen LogP) is 7.73. The number of hydrogen-bond donors (Lipinski definition) is 2. The lowest BCUT2D eigenvalue weighted by Crippen LogP contribution is -2.67. The van der Waals surface area contributed by atoms with E-state index in [1.54, 1.807) is 0 Å². The van der Waals surface area contributed by atoms with Crippen LogP contribution < -0.4 is 0 Å². The molecular weight excluding hydrogens is 420 g/mol. The Labute approximate surface area is 209 Å². The molecule has 10 unspecified atom stereocenters. The van der Waals surface area contributed by atoms with Crippen LogP contribution in [0.3, 0.4) is 0 Å². The number of carbonyl (C=O) groups is 1. The molecule has 0 aromatic heterocycles. The fourth-order valence-electron chi connectivity index (χ4n) is 11.5. The van der Waals surface area contributed by atoms with Crippen LogP contribution in [0.25, 0.3) is 0 Å². The molecule has 5 aliphatic rings. The highest BCUT2D eigenvalue weighted by molar-refractivity contribution is 5.76. The Balaban J connectivity index is 0.00000274. The molecule has 0 spiro atoms. The first kappa shape index (κ1) is 26.2. The van der Waals surface area contributed by atoms with Gasteiger partial charge in [-0.2, -0.15) is 0 Å². The zero-order valence-electron chi connectivity index (χ0n) is 22.0. The van der Waals surface area contributed by atoms with E-state index in [1.807, 2.05) is 0 Å². The molecule has 0 heterocycles. The summed E-state index contributed by atoms with van der Waals surface area (Å²) < 4.78 is 0. The van der Waals surface area contributed by atoms with E-state index in [0.717, 1.165) is 38.5 Å². The van der Waals surface area contributed by atoms with Crippen molar-refractivity contribution in [2.24, 2.45) is 56.7 Å². The van der Waals surface area contributed by atoms with Crippen molar-refractivity contribution in [3.63, 3.8) is 0 Å². The number of carboxylic acids is 1. The quantitative estimate of drug-likeness (QED) is 0.404. The third kappa shape index (κ3) is 2.94. The molecule has 0 bridgehead atoms.